The van der Waals surface area contributed by atoms with Crippen LogP contribution in [0.4, 0.5) is 5.69 Å². The molecule has 0 atom stereocenters. The van der Waals surface area contributed by atoms with Gasteiger partial charge in [-0.25, -0.2) is 0 Å². The van der Waals surface area contributed by atoms with Crippen molar-refractivity contribution in [2.75, 3.05) is 32.6 Å². The van der Waals surface area contributed by atoms with Crippen LogP contribution in [-0.4, -0.2) is 45.2 Å². The summed E-state index contributed by atoms with van der Waals surface area (Å²) in [5, 5.41) is 9.17. The van der Waals surface area contributed by atoms with Crippen LogP contribution >= 0.6 is 12.4 Å². The molecule has 1 aliphatic rings. The second-order valence-electron chi connectivity index (χ2n) is 7.45. The lowest BCUT2D eigenvalue weighted by Crippen LogP contribution is -2.43. The molecule has 1 aromatic carbocycles. The molecule has 0 radical (unpaired) electrons. The molecule has 1 aromatic rings. The van der Waals surface area contributed by atoms with E-state index in [1.165, 1.54) is 14.2 Å². The number of piperidine rings is 1. The number of carbonyl (C=O) groups is 2. The van der Waals surface area contributed by atoms with Crippen LogP contribution in [-0.2, 0) is 4.79 Å². The summed E-state index contributed by atoms with van der Waals surface area (Å²) in [6.07, 6.45) is 1.76. The van der Waals surface area contributed by atoms with E-state index in [1.54, 1.807) is 12.1 Å². The summed E-state index contributed by atoms with van der Waals surface area (Å²) in [5.41, 5.74) is 0.184. The van der Waals surface area contributed by atoms with Gasteiger partial charge in [-0.1, -0.05) is 20.8 Å². The summed E-state index contributed by atoms with van der Waals surface area (Å²) in [7, 11) is 3.03. The normalized spacial score (nSPS) is 14.7. The molecule has 0 aliphatic carbocycles. The molecule has 1 aliphatic heterocycles. The van der Waals surface area contributed by atoms with Gasteiger partial charge in [0.1, 0.15) is 0 Å². The fraction of sp³-hybridized carbons (Fsp3) is 0.579. The molecule has 7 nitrogen and oxygen atoms in total. The molecule has 1 saturated heterocycles. The highest BCUT2D eigenvalue weighted by molar-refractivity contribution is 6.05. The third-order valence-electron chi connectivity index (χ3n) is 4.37. The molecule has 2 amide bonds. The lowest BCUT2D eigenvalue weighted by molar-refractivity contribution is -0.123. The number of benzene rings is 1. The van der Waals surface area contributed by atoms with Crippen molar-refractivity contribution in [1.82, 2.24) is 10.6 Å². The molecule has 0 spiro atoms. The Morgan fingerprint density at radius 1 is 1.07 bits per heavy atom. The van der Waals surface area contributed by atoms with Crippen molar-refractivity contribution < 1.29 is 19.1 Å². The predicted molar refractivity (Wildman–Crippen MR) is 108 cm³/mol. The van der Waals surface area contributed by atoms with Crippen molar-refractivity contribution in [2.24, 2.45) is 5.41 Å². The van der Waals surface area contributed by atoms with Gasteiger partial charge in [-0.3, -0.25) is 9.59 Å². The SMILES string of the molecule is COc1cc(NC(=O)C(C)(C)C)c(C(=O)NC2CCNCC2)cc1OC.Cl. The van der Waals surface area contributed by atoms with Crippen LogP contribution in [0.5, 0.6) is 11.5 Å². The van der Waals surface area contributed by atoms with Crippen molar-refractivity contribution in [3.8, 4) is 11.5 Å². The Hall–Kier alpha value is -1.99. The number of hydrogen-bond donors (Lipinski definition) is 3. The highest BCUT2D eigenvalue weighted by atomic mass is 35.5. The lowest BCUT2D eigenvalue weighted by atomic mass is 9.95. The highest BCUT2D eigenvalue weighted by Gasteiger charge is 2.26. The van der Waals surface area contributed by atoms with E-state index in [-0.39, 0.29) is 30.3 Å². The Labute approximate surface area is 167 Å². The quantitative estimate of drug-likeness (QED) is 0.708. The first-order valence-corrected chi connectivity index (χ1v) is 8.85. The first-order chi connectivity index (χ1) is 12.3. The van der Waals surface area contributed by atoms with Gasteiger partial charge < -0.3 is 25.4 Å². The van der Waals surface area contributed by atoms with Crippen LogP contribution in [0.1, 0.15) is 44.0 Å². The van der Waals surface area contributed by atoms with Gasteiger partial charge in [0.25, 0.3) is 5.91 Å². The van der Waals surface area contributed by atoms with Crippen molar-refractivity contribution in [3.05, 3.63) is 17.7 Å². The average molecular weight is 400 g/mol. The van der Waals surface area contributed by atoms with E-state index in [9.17, 15) is 9.59 Å². The molecule has 8 heteroatoms. The maximum absolute atomic E-state index is 12.9. The zero-order chi connectivity index (χ0) is 19.3. The second kappa shape index (κ2) is 9.80. The maximum Gasteiger partial charge on any atom is 0.253 e. The summed E-state index contributed by atoms with van der Waals surface area (Å²) in [6.45, 7) is 7.21. The van der Waals surface area contributed by atoms with E-state index < -0.39 is 5.41 Å². The topological polar surface area (TPSA) is 88.7 Å². The third kappa shape index (κ3) is 6.01. The van der Waals surface area contributed by atoms with Gasteiger partial charge in [-0.05, 0) is 32.0 Å². The zero-order valence-corrected chi connectivity index (χ0v) is 17.4. The molecular weight excluding hydrogens is 370 g/mol. The summed E-state index contributed by atoms with van der Waals surface area (Å²) in [5.74, 6) is 0.481. The van der Waals surface area contributed by atoms with Crippen LogP contribution in [0.25, 0.3) is 0 Å². The van der Waals surface area contributed by atoms with Gasteiger partial charge in [-0.2, -0.15) is 0 Å². The standard InChI is InChI=1S/C19H29N3O4.ClH/c1-19(2,3)18(24)22-14-11-16(26-5)15(25-4)10-13(14)17(23)21-12-6-8-20-9-7-12;/h10-12,20H,6-9H2,1-5H3,(H,21,23)(H,22,24);1H. The second-order valence-corrected chi connectivity index (χ2v) is 7.45. The zero-order valence-electron chi connectivity index (χ0n) is 16.6. The minimum absolute atomic E-state index is 0. The minimum atomic E-state index is -0.587. The van der Waals surface area contributed by atoms with Crippen molar-refractivity contribution >= 4 is 29.9 Å². The smallest absolute Gasteiger partial charge is 0.253 e. The molecule has 2 rings (SSSR count). The fourth-order valence-electron chi connectivity index (χ4n) is 2.71. The summed E-state index contributed by atoms with van der Waals surface area (Å²) in [4.78, 5) is 25.3. The molecule has 0 unspecified atom stereocenters. The molecule has 3 N–H and O–H groups in total. The predicted octanol–water partition coefficient (Wildman–Crippen LogP) is 2.59. The van der Waals surface area contributed by atoms with Gasteiger partial charge in [0.05, 0.1) is 25.5 Å². The van der Waals surface area contributed by atoms with Crippen LogP contribution < -0.4 is 25.4 Å². The van der Waals surface area contributed by atoms with Gasteiger partial charge in [-0.15, -0.1) is 12.4 Å². The van der Waals surface area contributed by atoms with E-state index in [2.05, 4.69) is 16.0 Å². The van der Waals surface area contributed by atoms with Gasteiger partial charge in [0, 0.05) is 17.5 Å². The van der Waals surface area contributed by atoms with E-state index >= 15 is 0 Å². The number of halogens is 1. The largest absolute Gasteiger partial charge is 0.493 e. The number of anilines is 1. The number of nitrogens with one attached hydrogen (secondary N) is 3. The molecular formula is C19H30ClN3O4. The molecule has 1 heterocycles. The van der Waals surface area contributed by atoms with Gasteiger partial charge >= 0.3 is 0 Å². The number of hydrogen-bond acceptors (Lipinski definition) is 5. The fourth-order valence-corrected chi connectivity index (χ4v) is 2.71. The van der Waals surface area contributed by atoms with Crippen LogP contribution in [0, 0.1) is 5.41 Å². The van der Waals surface area contributed by atoms with E-state index in [1.807, 2.05) is 20.8 Å². The molecule has 1 fully saturated rings. The first kappa shape index (κ1) is 23.0. The van der Waals surface area contributed by atoms with E-state index in [0.29, 0.717) is 22.7 Å². The number of rotatable bonds is 5. The van der Waals surface area contributed by atoms with Crippen molar-refractivity contribution in [1.29, 1.82) is 0 Å². The Bertz CT molecular complexity index is 668. The Balaban J connectivity index is 0.00000364. The van der Waals surface area contributed by atoms with Gasteiger partial charge in [0.15, 0.2) is 11.5 Å². The third-order valence-corrected chi connectivity index (χ3v) is 4.37. The maximum atomic E-state index is 12.9. The van der Waals surface area contributed by atoms with Crippen LogP contribution in [0.15, 0.2) is 12.1 Å². The number of amides is 2. The average Bonchev–Trinajstić information content (AvgIpc) is 2.61. The van der Waals surface area contributed by atoms with E-state index in [4.69, 9.17) is 9.47 Å². The highest BCUT2D eigenvalue weighted by Crippen LogP contribution is 2.34. The summed E-state index contributed by atoms with van der Waals surface area (Å²) >= 11 is 0. The molecule has 0 saturated carbocycles. The van der Waals surface area contributed by atoms with E-state index in [0.717, 1.165) is 25.9 Å². The summed E-state index contributed by atoms with van der Waals surface area (Å²) < 4.78 is 10.6. The monoisotopic (exact) mass is 399 g/mol. The number of methoxy groups -OCH3 is 2. The number of ether oxygens (including phenoxy) is 2. The lowest BCUT2D eigenvalue weighted by Gasteiger charge is -2.25. The van der Waals surface area contributed by atoms with Crippen LogP contribution in [0.2, 0.25) is 0 Å². The Kier molecular flexibility index (Phi) is 8.37. The Morgan fingerprint density at radius 3 is 2.15 bits per heavy atom. The molecule has 0 aromatic heterocycles. The first-order valence-electron chi connectivity index (χ1n) is 8.85. The summed E-state index contributed by atoms with van der Waals surface area (Å²) in [6, 6.07) is 3.34. The van der Waals surface area contributed by atoms with Gasteiger partial charge in [0.2, 0.25) is 5.91 Å². The van der Waals surface area contributed by atoms with Crippen molar-refractivity contribution in [2.45, 2.75) is 39.7 Å². The molecule has 0 bridgehead atoms. The number of carbonyl (C=O) groups excluding carboxylic acids is 2. The molecule has 27 heavy (non-hydrogen) atoms. The Morgan fingerprint density at radius 2 is 1.63 bits per heavy atom. The minimum Gasteiger partial charge on any atom is -0.493 e. The van der Waals surface area contributed by atoms with Crippen molar-refractivity contribution in [3.63, 3.8) is 0 Å². The molecule has 152 valence electrons. The van der Waals surface area contributed by atoms with Crippen LogP contribution in [0.3, 0.4) is 0 Å².